The summed E-state index contributed by atoms with van der Waals surface area (Å²) in [5, 5.41) is 23.9. The number of nitrogens with zero attached hydrogens (tertiary/aromatic N) is 1. The molecule has 1 heterocycles. The van der Waals surface area contributed by atoms with E-state index < -0.39 is 22.0 Å². The number of ketones is 1. The first-order valence-corrected chi connectivity index (χ1v) is 15.3. The van der Waals surface area contributed by atoms with E-state index in [1.165, 1.54) is 5.56 Å². The van der Waals surface area contributed by atoms with Gasteiger partial charge in [0.1, 0.15) is 6.54 Å². The molecule has 0 aromatic heterocycles. The lowest BCUT2D eigenvalue weighted by atomic mass is 9.76. The number of hydrogen-bond donors (Lipinski definition) is 1. The van der Waals surface area contributed by atoms with Crippen LogP contribution in [0.1, 0.15) is 81.2 Å². The molecule has 0 unspecified atom stereocenters. The van der Waals surface area contributed by atoms with Gasteiger partial charge < -0.3 is 10.2 Å². The van der Waals surface area contributed by atoms with Crippen molar-refractivity contribution < 1.29 is 19.6 Å². The van der Waals surface area contributed by atoms with E-state index in [1.54, 1.807) is 12.1 Å². The van der Waals surface area contributed by atoms with Crippen LogP contribution < -0.4 is 16.0 Å². The zero-order valence-corrected chi connectivity index (χ0v) is 26.3. The highest BCUT2D eigenvalue weighted by Crippen LogP contribution is 2.47. The SMILES string of the molecule is CCCC[N+]1=C(C=C2C(=O)C(c3cc(C)c4cc(C(C)C)ccc(C)c3-4)=C2[O-])C(C)(C)c2cc(-c3c(O)c(=O)c3=O)ccc21. The number of unbranched alkanes of at least 4 members (excludes halogenated alkanes) is 1. The monoisotopic (exact) mass is 587 g/mol. The number of aryl methyl sites for hydroxylation is 2. The highest BCUT2D eigenvalue weighted by atomic mass is 16.3. The maximum absolute atomic E-state index is 13.8. The van der Waals surface area contributed by atoms with E-state index in [0.29, 0.717) is 23.6 Å². The average Bonchev–Trinajstić information content (AvgIpc) is 3.31. The number of rotatable bonds is 7. The first-order chi connectivity index (χ1) is 20.8. The number of benzene rings is 1. The highest BCUT2D eigenvalue weighted by Gasteiger charge is 2.46. The van der Waals surface area contributed by atoms with Gasteiger partial charge in [-0.2, -0.15) is 4.58 Å². The molecule has 0 radical (unpaired) electrons. The maximum atomic E-state index is 13.8. The summed E-state index contributed by atoms with van der Waals surface area (Å²) in [5.41, 5.74) is 7.38. The third kappa shape index (κ3) is 4.15. The van der Waals surface area contributed by atoms with Gasteiger partial charge in [-0.25, -0.2) is 0 Å². The number of carbonyl (C=O) groups excluding carboxylic acids is 1. The van der Waals surface area contributed by atoms with Crippen LogP contribution in [0.25, 0.3) is 27.8 Å². The van der Waals surface area contributed by atoms with Crippen LogP contribution in [0.15, 0.2) is 69.5 Å². The zero-order chi connectivity index (χ0) is 31.8. The second kappa shape index (κ2) is 10.3. The first kappa shape index (κ1) is 29.5. The van der Waals surface area contributed by atoms with E-state index in [4.69, 9.17) is 0 Å². The number of allylic oxidation sites excluding steroid dienone is 3. The molecule has 224 valence electrons. The molecule has 6 rings (SSSR count). The molecule has 0 bridgehead atoms. The summed E-state index contributed by atoms with van der Waals surface area (Å²) in [4.78, 5) is 37.7. The Morgan fingerprint density at radius 1 is 0.932 bits per heavy atom. The topological polar surface area (TPSA) is 97.5 Å². The van der Waals surface area contributed by atoms with Crippen LogP contribution in [-0.2, 0) is 10.2 Å². The van der Waals surface area contributed by atoms with Crippen molar-refractivity contribution in [3.63, 3.8) is 0 Å². The Labute approximate surface area is 257 Å². The molecule has 6 heteroatoms. The summed E-state index contributed by atoms with van der Waals surface area (Å²) in [7, 11) is 0. The van der Waals surface area contributed by atoms with Crippen LogP contribution in [-0.4, -0.2) is 27.7 Å². The van der Waals surface area contributed by atoms with Crippen LogP contribution in [0.4, 0.5) is 5.69 Å². The Morgan fingerprint density at radius 3 is 2.30 bits per heavy atom. The molecule has 1 aliphatic heterocycles. The average molecular weight is 588 g/mol. The molecule has 0 saturated heterocycles. The van der Waals surface area contributed by atoms with Gasteiger partial charge in [0, 0.05) is 35.3 Å². The van der Waals surface area contributed by atoms with Gasteiger partial charge in [0.25, 0.3) is 5.43 Å². The molecule has 1 N–H and O–H groups in total. The predicted molar refractivity (Wildman–Crippen MR) is 173 cm³/mol. The van der Waals surface area contributed by atoms with Crippen molar-refractivity contribution in [2.24, 2.45) is 0 Å². The normalized spacial score (nSPS) is 17.0. The third-order valence-electron chi connectivity index (χ3n) is 9.52. The van der Waals surface area contributed by atoms with Crippen molar-refractivity contribution in [1.29, 1.82) is 0 Å². The summed E-state index contributed by atoms with van der Waals surface area (Å²) in [6.07, 6.45) is 3.61. The Morgan fingerprint density at radius 2 is 1.66 bits per heavy atom. The van der Waals surface area contributed by atoms with Gasteiger partial charge in [-0.3, -0.25) is 14.4 Å². The van der Waals surface area contributed by atoms with Gasteiger partial charge in [-0.15, -0.1) is 0 Å². The number of hydrogen-bond acceptors (Lipinski definition) is 5. The van der Waals surface area contributed by atoms with Crippen LogP contribution in [0.5, 0.6) is 5.75 Å². The molecule has 2 aromatic carbocycles. The maximum Gasteiger partial charge on any atom is 0.268 e. The zero-order valence-electron chi connectivity index (χ0n) is 26.3. The second-order valence-electron chi connectivity index (χ2n) is 13.1. The van der Waals surface area contributed by atoms with Gasteiger partial charge in [0.05, 0.1) is 11.0 Å². The summed E-state index contributed by atoms with van der Waals surface area (Å²) in [6, 6.07) is 13.8. The van der Waals surface area contributed by atoms with Gasteiger partial charge in [-0.05, 0) is 84.7 Å². The lowest BCUT2D eigenvalue weighted by molar-refractivity contribution is -0.438. The summed E-state index contributed by atoms with van der Waals surface area (Å²) >= 11 is 0. The largest absolute Gasteiger partial charge is 0.871 e. The van der Waals surface area contributed by atoms with Crippen molar-refractivity contribution in [2.75, 3.05) is 6.54 Å². The second-order valence-corrected chi connectivity index (χ2v) is 13.1. The van der Waals surface area contributed by atoms with Crippen LogP contribution >= 0.6 is 0 Å². The molecule has 0 saturated carbocycles. The molecular formula is C38H37NO5. The summed E-state index contributed by atoms with van der Waals surface area (Å²) in [6.45, 7) is 15.2. The van der Waals surface area contributed by atoms with Crippen molar-refractivity contribution in [2.45, 2.75) is 72.6 Å². The highest BCUT2D eigenvalue weighted by molar-refractivity contribution is 6.41. The molecule has 4 aliphatic rings. The fourth-order valence-electron chi connectivity index (χ4n) is 6.82. The van der Waals surface area contributed by atoms with Crippen molar-refractivity contribution >= 4 is 22.8 Å². The summed E-state index contributed by atoms with van der Waals surface area (Å²) in [5.74, 6) is -0.659. The molecule has 0 spiro atoms. The van der Waals surface area contributed by atoms with E-state index in [-0.39, 0.29) is 28.3 Å². The minimum Gasteiger partial charge on any atom is -0.871 e. The van der Waals surface area contributed by atoms with E-state index in [2.05, 4.69) is 43.5 Å². The predicted octanol–water partition coefficient (Wildman–Crippen LogP) is 5.96. The first-order valence-electron chi connectivity index (χ1n) is 15.3. The Bertz CT molecular complexity index is 2040. The lowest BCUT2D eigenvalue weighted by Gasteiger charge is -2.31. The van der Waals surface area contributed by atoms with E-state index in [9.17, 15) is 24.6 Å². The summed E-state index contributed by atoms with van der Waals surface area (Å²) < 4.78 is 2.15. The standard InChI is InChI=1S/C38H37NO5/c1-8-9-14-39-28-13-12-23(31-35(42)37(44)36(31)43)17-27(28)38(6,7)29(39)18-26-33(40)32(34(26)41)25-15-21(5)24-16-22(19(2)3)11-10-20(4)30(24)25/h10-13,15-19H,8-9,14H2,1-7H3,(H-,40,41,42,43). The lowest BCUT2D eigenvalue weighted by Crippen LogP contribution is -2.34. The third-order valence-corrected chi connectivity index (χ3v) is 9.52. The van der Waals surface area contributed by atoms with E-state index in [0.717, 1.165) is 52.1 Å². The smallest absolute Gasteiger partial charge is 0.268 e. The molecule has 44 heavy (non-hydrogen) atoms. The molecule has 6 nitrogen and oxygen atoms in total. The number of carbonyl (C=O) groups is 1. The van der Waals surface area contributed by atoms with E-state index >= 15 is 0 Å². The molecule has 3 aliphatic carbocycles. The molecule has 0 amide bonds. The van der Waals surface area contributed by atoms with Crippen molar-refractivity contribution in [1.82, 2.24) is 0 Å². The van der Waals surface area contributed by atoms with Gasteiger partial charge in [0.2, 0.25) is 11.1 Å². The van der Waals surface area contributed by atoms with Crippen LogP contribution in [0.3, 0.4) is 0 Å². The molecule has 0 atom stereocenters. The molecule has 0 fully saturated rings. The van der Waals surface area contributed by atoms with Crippen LogP contribution in [0, 0.1) is 13.8 Å². The van der Waals surface area contributed by atoms with Gasteiger partial charge in [-0.1, -0.05) is 57.2 Å². The fourth-order valence-corrected chi connectivity index (χ4v) is 6.82. The minimum absolute atomic E-state index is 0.0329. The fraction of sp³-hybridized carbons (Fsp3) is 0.316. The Kier molecular flexibility index (Phi) is 6.87. The Hall–Kier alpha value is -4.58. The molecule has 2 aromatic rings. The van der Waals surface area contributed by atoms with Crippen molar-refractivity contribution in [3.8, 4) is 28.0 Å². The van der Waals surface area contributed by atoms with Gasteiger partial charge >= 0.3 is 0 Å². The van der Waals surface area contributed by atoms with Crippen LogP contribution in [0.2, 0.25) is 0 Å². The number of fused-ring (bicyclic) bond motifs is 2. The quantitative estimate of drug-likeness (QED) is 0.164. The number of Topliss-reactive ketones (excluding diaryl/α,β-unsaturated/α-hetero) is 1. The van der Waals surface area contributed by atoms with Gasteiger partial charge in [0.15, 0.2) is 17.2 Å². The van der Waals surface area contributed by atoms with E-state index in [1.807, 2.05) is 45.9 Å². The minimum atomic E-state index is -0.868. The number of aromatic hydroxyl groups is 1. The Balaban J connectivity index is 1.46. The molecular weight excluding hydrogens is 550 g/mol. The van der Waals surface area contributed by atoms with Crippen molar-refractivity contribution in [3.05, 3.63) is 108 Å².